The number of ether oxygens (including phenoxy) is 2. The number of fused-ring (bicyclic) bond motifs is 6. The average Bonchev–Trinajstić information content (AvgIpc) is 3.08. The molecule has 0 aromatic heterocycles. The molecule has 2 aliphatic rings. The van der Waals surface area contributed by atoms with Gasteiger partial charge in [0, 0.05) is 15.6 Å². The molecule has 3 aromatic rings. The van der Waals surface area contributed by atoms with Gasteiger partial charge in [0.15, 0.2) is 17.1 Å². The van der Waals surface area contributed by atoms with E-state index in [0.29, 0.717) is 10.0 Å². The van der Waals surface area contributed by atoms with Gasteiger partial charge in [0.1, 0.15) is 20.4 Å². The average molecular weight is 834 g/mol. The van der Waals surface area contributed by atoms with Gasteiger partial charge in [-0.05, 0) is 75.9 Å². The van der Waals surface area contributed by atoms with E-state index in [2.05, 4.69) is 63.7 Å². The van der Waals surface area contributed by atoms with E-state index in [-0.39, 0.29) is 132 Å². The molecule has 2 heterocycles. The van der Waals surface area contributed by atoms with Crippen LogP contribution < -0.4 is 4.74 Å². The molecule has 1 unspecified atom stereocenters. The van der Waals surface area contributed by atoms with Crippen LogP contribution in [0.3, 0.4) is 0 Å². The fraction of sp³-hybridized carbons (Fsp3) is 0.0500. The van der Waals surface area contributed by atoms with E-state index in [9.17, 15) is 15.0 Å². The fourth-order valence-electron chi connectivity index (χ4n) is 3.96. The number of hydrogen-bond donors (Lipinski definition) is 2. The Morgan fingerprint density at radius 2 is 1.34 bits per heavy atom. The summed E-state index contributed by atoms with van der Waals surface area (Å²) in [6.07, 6.45) is 0. The maximum atomic E-state index is 13.2. The molecule has 15 heteroatoms. The Balaban J connectivity index is 0.00000171. The van der Waals surface area contributed by atoms with Gasteiger partial charge in [-0.1, -0.05) is 46.4 Å². The summed E-state index contributed by atoms with van der Waals surface area (Å²) in [4.78, 5) is 13.2. The van der Waals surface area contributed by atoms with E-state index in [1.54, 1.807) is 0 Å². The molecule has 1 spiro atoms. The van der Waals surface area contributed by atoms with Crippen molar-refractivity contribution < 1.29 is 24.5 Å². The molecule has 35 heavy (non-hydrogen) atoms. The SMILES string of the molecule is O=C1OC2(c3ccc(O)c(Br)c3Oc3c(Br)c(O)c(Br)c(Br)c32)c2c(Cl)c(Cl)c(Cl)c(Cl)c21.[NaH].[NaH]. The van der Waals surface area contributed by atoms with Crippen LogP contribution in [-0.4, -0.2) is 75.3 Å². The third-order valence-electron chi connectivity index (χ3n) is 5.34. The molecule has 5 rings (SSSR count). The molecule has 0 aliphatic carbocycles. The van der Waals surface area contributed by atoms with Crippen LogP contribution in [0.5, 0.6) is 23.0 Å². The number of esters is 1. The van der Waals surface area contributed by atoms with Crippen molar-refractivity contribution in [2.45, 2.75) is 5.60 Å². The number of carbonyl (C=O) groups is 1. The number of phenolic OH excluding ortho intramolecular Hbond substituents is 2. The van der Waals surface area contributed by atoms with E-state index in [0.717, 1.165) is 0 Å². The predicted octanol–water partition coefficient (Wildman–Crippen LogP) is 8.03. The summed E-state index contributed by atoms with van der Waals surface area (Å²) in [5.74, 6) is -0.897. The van der Waals surface area contributed by atoms with Gasteiger partial charge in [-0.2, -0.15) is 0 Å². The Morgan fingerprint density at radius 1 is 0.743 bits per heavy atom. The van der Waals surface area contributed by atoms with Crippen molar-refractivity contribution >= 4 is 175 Å². The number of benzene rings is 3. The van der Waals surface area contributed by atoms with Crippen LogP contribution in [0, 0.1) is 0 Å². The Morgan fingerprint density at radius 3 is 1.97 bits per heavy atom. The van der Waals surface area contributed by atoms with Crippen molar-refractivity contribution in [1.29, 1.82) is 0 Å². The number of aromatic hydroxyl groups is 2. The molecule has 0 saturated carbocycles. The number of phenols is 2. The van der Waals surface area contributed by atoms with Gasteiger partial charge in [0.05, 0.1) is 35.7 Å². The molecule has 0 fully saturated rings. The summed E-state index contributed by atoms with van der Waals surface area (Å²) in [6.45, 7) is 0. The zero-order valence-electron chi connectivity index (χ0n) is 15.3. The van der Waals surface area contributed by atoms with Crippen molar-refractivity contribution in [3.63, 3.8) is 0 Å². The first-order chi connectivity index (χ1) is 15.4. The predicted molar refractivity (Wildman–Crippen MR) is 153 cm³/mol. The zero-order chi connectivity index (χ0) is 24.1. The van der Waals surface area contributed by atoms with E-state index >= 15 is 0 Å². The monoisotopic (exact) mass is 828 g/mol. The fourth-order valence-corrected chi connectivity index (χ4v) is 7.23. The maximum absolute atomic E-state index is 13.2. The summed E-state index contributed by atoms with van der Waals surface area (Å²) in [7, 11) is 0. The summed E-state index contributed by atoms with van der Waals surface area (Å²) >= 11 is 39.2. The van der Waals surface area contributed by atoms with Crippen molar-refractivity contribution in [2.24, 2.45) is 0 Å². The zero-order valence-corrected chi connectivity index (χ0v) is 24.7. The molecule has 3 aromatic carbocycles. The minimum absolute atomic E-state index is 0. The molecular formula is C20H6Br4Cl4Na2O5. The van der Waals surface area contributed by atoms with Gasteiger partial charge in [-0.25, -0.2) is 4.79 Å². The summed E-state index contributed by atoms with van der Waals surface area (Å²) in [5, 5.41) is 20.6. The Labute approximate surface area is 296 Å². The van der Waals surface area contributed by atoms with Gasteiger partial charge in [0.25, 0.3) is 0 Å². The van der Waals surface area contributed by atoms with Crippen LogP contribution >= 0.6 is 110 Å². The second-order valence-electron chi connectivity index (χ2n) is 6.95. The first-order valence-electron chi connectivity index (χ1n) is 8.64. The molecule has 1 atom stereocenters. The molecule has 174 valence electrons. The van der Waals surface area contributed by atoms with E-state index < -0.39 is 11.6 Å². The van der Waals surface area contributed by atoms with Crippen LogP contribution in [-0.2, 0) is 10.3 Å². The first-order valence-corrected chi connectivity index (χ1v) is 13.3. The summed E-state index contributed by atoms with van der Waals surface area (Å²) in [5.41, 5.74) is -1.06. The van der Waals surface area contributed by atoms with Gasteiger partial charge < -0.3 is 19.7 Å². The summed E-state index contributed by atoms with van der Waals surface area (Å²) < 4.78 is 13.1. The molecular weight excluding hydrogens is 828 g/mol. The summed E-state index contributed by atoms with van der Waals surface area (Å²) in [6, 6.07) is 2.92. The molecule has 0 bridgehead atoms. The standard InChI is InChI=1S/C20H4Br4Cl4O5.2Na.2H/c21-8-4(29)2-1-3-17(8)32-18-7(9(22)10(23)16(30)11(18)24)20(3)6-5(19(31)33-20)12(25)14(27)15(28)13(6)26;;;;/h1-2,29-30H;;;;. The van der Waals surface area contributed by atoms with Crippen LogP contribution in [0.15, 0.2) is 30.0 Å². The van der Waals surface area contributed by atoms with Crippen molar-refractivity contribution in [1.82, 2.24) is 0 Å². The van der Waals surface area contributed by atoms with E-state index in [1.807, 2.05) is 0 Å². The van der Waals surface area contributed by atoms with E-state index in [4.69, 9.17) is 55.9 Å². The van der Waals surface area contributed by atoms with Gasteiger partial charge in [0.2, 0.25) is 0 Å². The second-order valence-corrected chi connectivity index (χ2v) is 11.6. The van der Waals surface area contributed by atoms with Crippen molar-refractivity contribution in [2.75, 3.05) is 0 Å². The first kappa shape index (κ1) is 31.1. The van der Waals surface area contributed by atoms with Crippen LogP contribution in [0.25, 0.3) is 0 Å². The molecule has 2 N–H and O–H groups in total. The molecule has 0 saturated heterocycles. The third kappa shape index (κ3) is 4.22. The Bertz CT molecular complexity index is 1470. The third-order valence-corrected chi connectivity index (χ3v) is 10.7. The van der Waals surface area contributed by atoms with Gasteiger partial charge >= 0.3 is 65.1 Å². The van der Waals surface area contributed by atoms with Gasteiger partial charge in [-0.3, -0.25) is 0 Å². The molecule has 2 aliphatic heterocycles. The molecule has 0 radical (unpaired) electrons. The van der Waals surface area contributed by atoms with Crippen LogP contribution in [0.1, 0.15) is 27.0 Å². The van der Waals surface area contributed by atoms with E-state index in [1.165, 1.54) is 12.1 Å². The van der Waals surface area contributed by atoms with Crippen molar-refractivity contribution in [3.8, 4) is 23.0 Å². The Hall–Kier alpha value is 1.61. The van der Waals surface area contributed by atoms with Crippen molar-refractivity contribution in [3.05, 3.63) is 72.4 Å². The normalized spacial score (nSPS) is 17.0. The second kappa shape index (κ2) is 10.9. The minimum atomic E-state index is -1.74. The van der Waals surface area contributed by atoms with Gasteiger partial charge in [-0.15, -0.1) is 0 Å². The van der Waals surface area contributed by atoms with Crippen LogP contribution in [0.2, 0.25) is 20.1 Å². The number of rotatable bonds is 0. The quantitative estimate of drug-likeness (QED) is 0.104. The number of carbonyl (C=O) groups excluding carboxylic acids is 1. The Kier molecular flexibility index (Phi) is 9.68. The molecule has 5 nitrogen and oxygen atoms in total. The van der Waals surface area contributed by atoms with Crippen LogP contribution in [0.4, 0.5) is 0 Å². The number of halogens is 8. The molecule has 0 amide bonds. The number of hydrogen-bond acceptors (Lipinski definition) is 5. The topological polar surface area (TPSA) is 76.0 Å².